The van der Waals surface area contributed by atoms with Crippen molar-refractivity contribution < 1.29 is 28.6 Å². The van der Waals surface area contributed by atoms with Gasteiger partial charge in [0.05, 0.1) is 14.2 Å². The Balaban J connectivity index is 1.37. The van der Waals surface area contributed by atoms with Gasteiger partial charge in [0, 0.05) is 30.0 Å². The van der Waals surface area contributed by atoms with Gasteiger partial charge in [0.2, 0.25) is 0 Å². The molecule has 6 nitrogen and oxygen atoms in total. The first-order valence-electron chi connectivity index (χ1n) is 11.4. The molecule has 2 aromatic rings. The van der Waals surface area contributed by atoms with Crippen LogP contribution in [0.3, 0.4) is 0 Å². The molecule has 0 atom stereocenters. The highest BCUT2D eigenvalue weighted by Gasteiger charge is 2.25. The van der Waals surface area contributed by atoms with Gasteiger partial charge in [0.25, 0.3) is 0 Å². The minimum atomic E-state index is -0.331. The molecule has 0 unspecified atom stereocenters. The normalized spacial score (nSPS) is 14.8. The third-order valence-electron chi connectivity index (χ3n) is 6.25. The minimum absolute atomic E-state index is 0.00325. The number of halogens is 1. The van der Waals surface area contributed by atoms with Crippen molar-refractivity contribution in [3.8, 4) is 17.2 Å². The van der Waals surface area contributed by atoms with Gasteiger partial charge in [-0.05, 0) is 69.6 Å². The number of hydrogen-bond donors (Lipinski definition) is 1. The number of nitrogens with zero attached hydrogens (tertiary/aromatic N) is 1. The summed E-state index contributed by atoms with van der Waals surface area (Å²) in [6.45, 7) is 2.67. The summed E-state index contributed by atoms with van der Waals surface area (Å²) in [5, 5.41) is 10.2. The van der Waals surface area contributed by atoms with Crippen LogP contribution in [0.4, 0.5) is 4.39 Å². The summed E-state index contributed by atoms with van der Waals surface area (Å²) in [5.74, 6) is 0.241. The predicted molar refractivity (Wildman–Crippen MR) is 124 cm³/mol. The van der Waals surface area contributed by atoms with Crippen LogP contribution >= 0.6 is 0 Å². The number of unbranched alkanes of at least 4 members (excludes halogenated alkanes) is 2. The Kier molecular flexibility index (Phi) is 8.83. The third kappa shape index (κ3) is 6.54. The number of hydrogen-bond acceptors (Lipinski definition) is 6. The van der Waals surface area contributed by atoms with Crippen LogP contribution in [0.1, 0.15) is 59.2 Å². The van der Waals surface area contributed by atoms with E-state index in [4.69, 9.17) is 9.47 Å². The van der Waals surface area contributed by atoms with Gasteiger partial charge < -0.3 is 19.5 Å². The van der Waals surface area contributed by atoms with E-state index in [1.165, 1.54) is 32.4 Å². The highest BCUT2D eigenvalue weighted by molar-refractivity contribution is 6.01. The second-order valence-electron chi connectivity index (χ2n) is 8.44. The maximum Gasteiger partial charge on any atom is 0.170 e. The van der Waals surface area contributed by atoms with Crippen molar-refractivity contribution in [2.75, 3.05) is 33.9 Å². The lowest BCUT2D eigenvalue weighted by Crippen LogP contribution is -2.36. The van der Waals surface area contributed by atoms with E-state index in [1.807, 2.05) is 0 Å². The molecule has 33 heavy (non-hydrogen) atoms. The number of ether oxygens (including phenoxy) is 2. The first-order chi connectivity index (χ1) is 15.9. The molecular formula is C26H32FNO5. The Bertz CT molecular complexity index is 952. The Morgan fingerprint density at radius 3 is 2.36 bits per heavy atom. The number of phenols is 1. The van der Waals surface area contributed by atoms with E-state index in [2.05, 4.69) is 4.90 Å². The number of carbonyl (C=O) groups excluding carboxylic acids is 2. The van der Waals surface area contributed by atoms with Gasteiger partial charge in [-0.25, -0.2) is 4.39 Å². The molecule has 1 aliphatic rings. The highest BCUT2D eigenvalue weighted by atomic mass is 19.1. The third-order valence-corrected chi connectivity index (χ3v) is 6.25. The largest absolute Gasteiger partial charge is 0.507 e. The molecule has 2 aromatic carbocycles. The number of likely N-dealkylation sites (tertiary alicyclic amines) is 1. The number of phenolic OH excluding ortho intramolecular Hbond substituents is 1. The van der Waals surface area contributed by atoms with Crippen molar-refractivity contribution >= 4 is 11.6 Å². The Labute approximate surface area is 194 Å². The van der Waals surface area contributed by atoms with E-state index >= 15 is 0 Å². The van der Waals surface area contributed by atoms with Gasteiger partial charge in [-0.3, -0.25) is 9.59 Å². The van der Waals surface area contributed by atoms with Crippen LogP contribution in [0, 0.1) is 11.7 Å². The van der Waals surface area contributed by atoms with Crippen molar-refractivity contribution in [3.05, 3.63) is 53.3 Å². The summed E-state index contributed by atoms with van der Waals surface area (Å²) in [4.78, 5) is 27.6. The van der Waals surface area contributed by atoms with Gasteiger partial charge in [-0.15, -0.1) is 0 Å². The van der Waals surface area contributed by atoms with Crippen LogP contribution in [0.25, 0.3) is 0 Å². The number of ketones is 2. The fourth-order valence-corrected chi connectivity index (χ4v) is 4.33. The summed E-state index contributed by atoms with van der Waals surface area (Å²) in [7, 11) is 2.95. The molecule has 1 saturated heterocycles. The van der Waals surface area contributed by atoms with Crippen molar-refractivity contribution in [1.82, 2.24) is 4.90 Å². The Morgan fingerprint density at radius 1 is 1.03 bits per heavy atom. The fourth-order valence-electron chi connectivity index (χ4n) is 4.33. The lowest BCUT2D eigenvalue weighted by molar-refractivity contribution is 0.0839. The molecule has 0 aliphatic carbocycles. The van der Waals surface area contributed by atoms with Gasteiger partial charge in [-0.1, -0.05) is 6.42 Å². The van der Waals surface area contributed by atoms with E-state index < -0.39 is 0 Å². The molecule has 0 saturated carbocycles. The number of methoxy groups -OCH3 is 2. The Morgan fingerprint density at radius 2 is 1.73 bits per heavy atom. The standard InChI is InChI=1S/C26H32FNO5/c1-32-21-16-23(30)25(24(17-21)33-2)22(29)6-4-3-5-13-28-14-11-19(12-15-28)26(31)18-7-9-20(27)10-8-18/h7-10,16-17,19,30H,3-6,11-15H2,1-2H3. The van der Waals surface area contributed by atoms with Crippen molar-refractivity contribution in [1.29, 1.82) is 0 Å². The number of rotatable bonds is 11. The van der Waals surface area contributed by atoms with Crippen LogP contribution in [0.15, 0.2) is 36.4 Å². The zero-order valence-electron chi connectivity index (χ0n) is 19.3. The first-order valence-corrected chi connectivity index (χ1v) is 11.4. The summed E-state index contributed by atoms with van der Waals surface area (Å²) < 4.78 is 23.4. The number of carbonyl (C=O) groups is 2. The predicted octanol–water partition coefficient (Wildman–Crippen LogP) is 4.89. The van der Waals surface area contributed by atoms with Crippen LogP contribution in [0.5, 0.6) is 17.2 Å². The number of piperidine rings is 1. The molecule has 0 amide bonds. The molecule has 3 rings (SSSR count). The van der Waals surface area contributed by atoms with E-state index in [-0.39, 0.29) is 34.6 Å². The topological polar surface area (TPSA) is 76.1 Å². The van der Waals surface area contributed by atoms with E-state index in [9.17, 15) is 19.1 Å². The Hall–Kier alpha value is -2.93. The van der Waals surface area contributed by atoms with Crippen molar-refractivity contribution in [3.63, 3.8) is 0 Å². The molecule has 1 heterocycles. The van der Waals surface area contributed by atoms with Crippen LogP contribution in [0.2, 0.25) is 0 Å². The van der Waals surface area contributed by atoms with Crippen LogP contribution in [-0.2, 0) is 0 Å². The molecular weight excluding hydrogens is 425 g/mol. The van der Waals surface area contributed by atoms with Gasteiger partial charge >= 0.3 is 0 Å². The molecule has 7 heteroatoms. The minimum Gasteiger partial charge on any atom is -0.507 e. The summed E-state index contributed by atoms with van der Waals surface area (Å²) in [5.41, 5.74) is 0.783. The van der Waals surface area contributed by atoms with Crippen LogP contribution < -0.4 is 9.47 Å². The molecule has 1 fully saturated rings. The quantitative estimate of drug-likeness (QED) is 0.383. The fraction of sp³-hybridized carbons (Fsp3) is 0.462. The summed E-state index contributed by atoms with van der Waals surface area (Å²) in [6, 6.07) is 8.80. The second kappa shape index (κ2) is 11.8. The maximum atomic E-state index is 13.1. The van der Waals surface area contributed by atoms with E-state index in [1.54, 1.807) is 18.2 Å². The van der Waals surface area contributed by atoms with E-state index in [0.29, 0.717) is 23.5 Å². The molecule has 1 aliphatic heterocycles. The second-order valence-corrected chi connectivity index (χ2v) is 8.44. The summed E-state index contributed by atoms with van der Waals surface area (Å²) >= 11 is 0. The lowest BCUT2D eigenvalue weighted by Gasteiger charge is -2.31. The maximum absolute atomic E-state index is 13.1. The first kappa shape index (κ1) is 24.7. The molecule has 1 N–H and O–H groups in total. The van der Waals surface area contributed by atoms with Crippen molar-refractivity contribution in [2.24, 2.45) is 5.92 Å². The summed E-state index contributed by atoms with van der Waals surface area (Å²) in [6.07, 6.45) is 4.56. The molecule has 0 radical (unpaired) electrons. The van der Waals surface area contributed by atoms with Gasteiger partial charge in [0.15, 0.2) is 11.6 Å². The zero-order chi connectivity index (χ0) is 23.8. The molecule has 0 aromatic heterocycles. The average Bonchev–Trinajstić information content (AvgIpc) is 2.83. The molecule has 0 bridgehead atoms. The lowest BCUT2D eigenvalue weighted by atomic mass is 9.89. The number of Topliss-reactive ketones (excluding diaryl/α,β-unsaturated/α-hetero) is 2. The SMILES string of the molecule is COc1cc(O)c(C(=O)CCCCCN2CCC(C(=O)c3ccc(F)cc3)CC2)c(OC)c1. The van der Waals surface area contributed by atoms with Gasteiger partial charge in [0.1, 0.15) is 28.6 Å². The number of benzene rings is 2. The van der Waals surface area contributed by atoms with Gasteiger partial charge in [-0.2, -0.15) is 0 Å². The van der Waals surface area contributed by atoms with E-state index in [0.717, 1.165) is 51.7 Å². The molecule has 0 spiro atoms. The smallest absolute Gasteiger partial charge is 0.170 e. The number of aromatic hydroxyl groups is 1. The monoisotopic (exact) mass is 457 g/mol. The molecule has 178 valence electrons. The van der Waals surface area contributed by atoms with Crippen molar-refractivity contribution in [2.45, 2.75) is 38.5 Å². The average molecular weight is 458 g/mol. The van der Waals surface area contributed by atoms with Crippen LogP contribution in [-0.4, -0.2) is 55.4 Å². The zero-order valence-corrected chi connectivity index (χ0v) is 19.3. The highest BCUT2D eigenvalue weighted by Crippen LogP contribution is 2.34.